The number of hydrogen-bond donors (Lipinski definition) is 7. The van der Waals surface area contributed by atoms with Crippen LogP contribution in [-0.2, 0) is 55.3 Å². The highest BCUT2D eigenvalue weighted by Gasteiger charge is 2.43. The Morgan fingerprint density at radius 3 is 2.10 bits per heavy atom. The van der Waals surface area contributed by atoms with Crippen molar-refractivity contribution in [3.05, 3.63) is 52.3 Å². The van der Waals surface area contributed by atoms with Gasteiger partial charge in [0.1, 0.15) is 30.5 Å². The number of nitrogens with zero attached hydrogens (tertiary/aromatic N) is 6. The van der Waals surface area contributed by atoms with E-state index < -0.39 is 54.2 Å². The molecule has 0 spiro atoms. The molecule has 0 saturated carbocycles. The van der Waals surface area contributed by atoms with Gasteiger partial charge in [0, 0.05) is 24.6 Å². The molecule has 4 rings (SSSR count). The Balaban J connectivity index is 1.01. The van der Waals surface area contributed by atoms with Crippen molar-refractivity contribution in [2.75, 3.05) is 78.3 Å². The summed E-state index contributed by atoms with van der Waals surface area (Å²) in [6.45, 7) is 3.55. The molecule has 1 saturated heterocycles. The number of benzene rings is 1. The Morgan fingerprint density at radius 2 is 1.48 bits per heavy atom. The number of hydrogen-bond acceptors (Lipinski definition) is 21. The first-order valence-electron chi connectivity index (χ1n) is 18.2. The average Bonchev–Trinajstić information content (AvgIpc) is 3.56. The van der Waals surface area contributed by atoms with Gasteiger partial charge in [-0.25, -0.2) is 18.5 Å². The number of carbonyl (C=O) groups excluding carboxylic acids is 1. The first-order valence-corrected chi connectivity index (χ1v) is 22.8. The average molecular weight is 939 g/mol. The van der Waals surface area contributed by atoms with Crippen molar-refractivity contribution in [1.82, 2.24) is 35.3 Å². The van der Waals surface area contributed by atoms with Crippen LogP contribution in [0.1, 0.15) is 30.5 Å². The van der Waals surface area contributed by atoms with Gasteiger partial charge in [0.25, 0.3) is 0 Å². The lowest BCUT2D eigenvalue weighted by Gasteiger charge is -2.19. The van der Waals surface area contributed by atoms with Gasteiger partial charge in [-0.2, -0.15) is 13.6 Å². The molecule has 0 aliphatic carbocycles. The van der Waals surface area contributed by atoms with Gasteiger partial charge in [0.15, 0.2) is 5.82 Å². The summed E-state index contributed by atoms with van der Waals surface area (Å²) in [4.78, 5) is 64.6. The number of nitrogen functional groups attached to an aromatic ring is 1. The van der Waals surface area contributed by atoms with Gasteiger partial charge in [0.2, 0.25) is 11.7 Å². The molecular weight excluding hydrogens is 893 g/mol. The number of amides is 1. The summed E-state index contributed by atoms with van der Waals surface area (Å²) in [6.07, 6.45) is -3.07. The Hall–Kier alpha value is -4.16. The summed E-state index contributed by atoms with van der Waals surface area (Å²) < 4.78 is 80.0. The number of ether oxygens (including phenoxy) is 6. The van der Waals surface area contributed by atoms with Crippen LogP contribution in [0.25, 0.3) is 11.4 Å². The number of carbonyl (C=O) groups is 1. The second-order valence-electron chi connectivity index (χ2n) is 12.5. The van der Waals surface area contributed by atoms with Gasteiger partial charge in [0.05, 0.1) is 77.7 Å². The van der Waals surface area contributed by atoms with E-state index in [9.17, 15) is 38.2 Å². The van der Waals surface area contributed by atoms with E-state index in [1.807, 2.05) is 12.1 Å². The molecule has 5 atom stereocenters. The fourth-order valence-electron chi connectivity index (χ4n) is 4.90. The van der Waals surface area contributed by atoms with Crippen molar-refractivity contribution < 1.29 is 84.7 Å². The summed E-state index contributed by atoms with van der Waals surface area (Å²) in [5.74, 6) is 6.33. The largest absolute Gasteiger partial charge is 0.491 e. The van der Waals surface area contributed by atoms with E-state index in [1.165, 1.54) is 6.20 Å². The number of nitrogens with two attached hydrogens (primary N) is 1. The minimum Gasteiger partial charge on any atom is -0.491 e. The highest BCUT2D eigenvalue weighted by molar-refractivity contribution is 7.66. The quantitative estimate of drug-likeness (QED) is 0.0299. The number of phosphoric acid groups is 3. The first-order chi connectivity index (χ1) is 29.4. The van der Waals surface area contributed by atoms with Gasteiger partial charge in [-0.15, -0.1) is 20.4 Å². The minimum absolute atomic E-state index is 0.0422. The number of aliphatic hydroxyl groups is 1. The van der Waals surface area contributed by atoms with Crippen molar-refractivity contribution in [1.29, 1.82) is 0 Å². The fraction of sp³-hybridized carbons (Fsp3) is 0.531. The van der Waals surface area contributed by atoms with E-state index in [1.54, 1.807) is 19.1 Å². The molecule has 62 heavy (non-hydrogen) atoms. The second kappa shape index (κ2) is 24.6. The van der Waals surface area contributed by atoms with E-state index in [0.717, 1.165) is 10.1 Å². The predicted molar refractivity (Wildman–Crippen MR) is 208 cm³/mol. The van der Waals surface area contributed by atoms with Crippen molar-refractivity contribution in [3.63, 3.8) is 0 Å². The number of nitrogens with one attached hydrogen (secondary N) is 1. The number of phosphoric ester groups is 1. The molecule has 0 bridgehead atoms. The Bertz CT molecular complexity index is 2170. The third-order valence-corrected chi connectivity index (χ3v) is 11.5. The lowest BCUT2D eigenvalue weighted by atomic mass is 10.2. The number of aromatic nitrogens is 6. The highest BCUT2D eigenvalue weighted by atomic mass is 31.3. The molecule has 2 aromatic heterocycles. The van der Waals surface area contributed by atoms with Gasteiger partial charge in [-0.1, -0.05) is 11.8 Å². The summed E-state index contributed by atoms with van der Waals surface area (Å²) in [5.41, 5.74) is 5.75. The summed E-state index contributed by atoms with van der Waals surface area (Å²) in [5, 5.41) is 28.7. The van der Waals surface area contributed by atoms with Gasteiger partial charge < -0.3 is 64.2 Å². The van der Waals surface area contributed by atoms with Crippen molar-refractivity contribution in [2.24, 2.45) is 0 Å². The van der Waals surface area contributed by atoms with Gasteiger partial charge >= 0.3 is 29.2 Å². The first kappa shape index (κ1) is 50.5. The van der Waals surface area contributed by atoms with Gasteiger partial charge in [-0.05, 0) is 31.2 Å². The molecule has 1 aromatic carbocycles. The van der Waals surface area contributed by atoms with Crippen LogP contribution in [0.4, 0.5) is 5.82 Å². The zero-order valence-electron chi connectivity index (χ0n) is 32.9. The smallest absolute Gasteiger partial charge is 0.490 e. The molecule has 3 heterocycles. The van der Waals surface area contributed by atoms with Crippen LogP contribution in [0, 0.1) is 18.8 Å². The SMILES string of the molecule is Cc1nnc(-c2ccc(OCCOCCOCCOCCOCCC(=O)NCC#Cc3cn([C@H]4C[C@H](O)[C@@H](COP(=O)(O)OP(=O)(O)OP(=O)(O)O)O4)c(=O)nc3N)cc2)nn1. The van der Waals surface area contributed by atoms with Crippen molar-refractivity contribution in [3.8, 4) is 29.0 Å². The second-order valence-corrected chi connectivity index (χ2v) is 16.9. The molecule has 3 aromatic rings. The Morgan fingerprint density at radius 1 is 0.887 bits per heavy atom. The highest BCUT2D eigenvalue weighted by Crippen LogP contribution is 2.66. The van der Waals surface area contributed by atoms with Gasteiger partial charge in [-0.3, -0.25) is 13.9 Å². The number of anilines is 1. The number of aliphatic hydroxyl groups excluding tert-OH is 1. The third kappa shape index (κ3) is 18.7. The molecule has 0 radical (unpaired) electrons. The molecule has 342 valence electrons. The maximum Gasteiger partial charge on any atom is 0.490 e. The maximum absolute atomic E-state index is 12.5. The monoisotopic (exact) mass is 938 g/mol. The molecule has 30 heteroatoms. The Labute approximate surface area is 352 Å². The van der Waals surface area contributed by atoms with Crippen LogP contribution in [0.5, 0.6) is 5.75 Å². The standard InChI is InChI=1S/C32H45N8O19P3/c1-22-36-38-31(39-37-22)23-4-6-25(7-5-23)55-18-17-54-16-15-53-14-13-52-12-11-51-10-8-28(42)34-9-2-3-24-20-40(32(43)35-30(24)33)29-19-26(41)27(57-29)21-56-61(47,48)59-62(49,50)58-60(44,45)46/h4-7,20,26-27,29,41H,8-19,21H2,1H3,(H,34,42)(H,47,48)(H,49,50)(H2,33,35,43)(H2,44,45,46)/t26-,27+,29+/m0/s1. The molecule has 1 aliphatic heterocycles. The predicted octanol–water partition coefficient (Wildman–Crippen LogP) is -0.624. The fourth-order valence-corrected chi connectivity index (χ4v) is 7.93. The van der Waals surface area contributed by atoms with E-state index in [2.05, 4.69) is 55.7 Å². The van der Waals surface area contributed by atoms with Crippen LogP contribution in [0.2, 0.25) is 0 Å². The van der Waals surface area contributed by atoms with Crippen LogP contribution in [0.3, 0.4) is 0 Å². The summed E-state index contributed by atoms with van der Waals surface area (Å²) in [6, 6.07) is 7.24. The normalized spacial score (nSPS) is 18.3. The topological polar surface area (TPSA) is 377 Å². The maximum atomic E-state index is 12.5. The van der Waals surface area contributed by atoms with E-state index in [0.29, 0.717) is 63.6 Å². The number of rotatable bonds is 26. The zero-order chi connectivity index (χ0) is 45.2. The van der Waals surface area contributed by atoms with E-state index in [4.69, 9.17) is 43.9 Å². The molecule has 1 amide bonds. The lowest BCUT2D eigenvalue weighted by molar-refractivity contribution is -0.122. The van der Waals surface area contributed by atoms with Crippen molar-refractivity contribution >= 4 is 35.2 Å². The minimum atomic E-state index is -5.76. The van der Waals surface area contributed by atoms with Crippen LogP contribution in [-0.4, -0.2) is 145 Å². The van der Waals surface area contributed by atoms with Crippen molar-refractivity contribution in [2.45, 2.75) is 38.2 Å². The molecular formula is C32H45N8O19P3. The van der Waals surface area contributed by atoms with E-state index >= 15 is 0 Å². The molecule has 8 N–H and O–H groups in total. The zero-order valence-corrected chi connectivity index (χ0v) is 35.5. The molecule has 2 unspecified atom stereocenters. The molecule has 1 fully saturated rings. The summed E-state index contributed by atoms with van der Waals surface area (Å²) in [7, 11) is -16.8. The van der Waals surface area contributed by atoms with Crippen LogP contribution >= 0.6 is 23.5 Å². The molecule has 1 aliphatic rings. The Kier molecular flexibility index (Phi) is 20.0. The van der Waals surface area contributed by atoms with E-state index in [-0.39, 0.29) is 49.9 Å². The molecule has 27 nitrogen and oxygen atoms in total. The summed E-state index contributed by atoms with van der Waals surface area (Å²) >= 11 is 0. The lowest BCUT2D eigenvalue weighted by Crippen LogP contribution is -2.29. The van der Waals surface area contributed by atoms with Crippen LogP contribution < -0.4 is 21.5 Å². The van der Waals surface area contributed by atoms with Crippen LogP contribution in [0.15, 0.2) is 35.3 Å². The number of aryl methyl sites for hydroxylation is 1. The third-order valence-electron chi connectivity index (χ3n) is 7.69.